The quantitative estimate of drug-likeness (QED) is 0.0940. The molecule has 3 aliphatic rings. The third-order valence-electron chi connectivity index (χ3n) is 23.6. The molecular weight excluding hydrogens is 1580 g/mol. The lowest BCUT2D eigenvalue weighted by molar-refractivity contribution is 1.07. The van der Waals surface area contributed by atoms with Crippen LogP contribution in [-0.2, 0) is 19.3 Å². The van der Waals surface area contributed by atoms with Crippen LogP contribution in [0.3, 0.4) is 0 Å². The average Bonchev–Trinajstić information content (AvgIpc) is 1.63. The van der Waals surface area contributed by atoms with Crippen LogP contribution >= 0.6 is 0 Å². The van der Waals surface area contributed by atoms with Crippen LogP contribution in [0.4, 0.5) is 0 Å². The minimum Gasteiger partial charge on any atom is -0.260 e. The molecule has 0 bridgehead atoms. The first-order chi connectivity index (χ1) is 63.9. The van der Waals surface area contributed by atoms with Crippen molar-refractivity contribution in [1.29, 1.82) is 0 Å². The first kappa shape index (κ1) is 77.6. The van der Waals surface area contributed by atoms with E-state index in [2.05, 4.69) is 215 Å². The number of aromatic nitrogens is 15. The van der Waals surface area contributed by atoms with Crippen LogP contribution < -0.4 is 0 Å². The summed E-state index contributed by atoms with van der Waals surface area (Å²) >= 11 is 0. The zero-order valence-electron chi connectivity index (χ0n) is 69.7. The number of pyridine rings is 6. The zero-order chi connectivity index (χ0) is 85.8. The molecule has 9 aromatic heterocycles. The fourth-order valence-corrected chi connectivity index (χ4v) is 17.3. The van der Waals surface area contributed by atoms with Gasteiger partial charge >= 0.3 is 0 Å². The van der Waals surface area contributed by atoms with E-state index >= 15 is 0 Å². The smallest absolute Gasteiger partial charge is 0.164 e. The Kier molecular flexibility index (Phi) is 20.9. The third-order valence-corrected chi connectivity index (χ3v) is 23.6. The molecule has 21 aromatic rings. The molecule has 0 atom stereocenters. The Labute approximate surface area is 745 Å². The molecule has 0 saturated heterocycles. The van der Waals surface area contributed by atoms with E-state index in [0.717, 1.165) is 154 Å². The van der Waals surface area contributed by atoms with Crippen molar-refractivity contribution < 1.29 is 0 Å². The first-order valence-corrected chi connectivity index (χ1v) is 42.9. The highest BCUT2D eigenvalue weighted by Gasteiger charge is 2.28. The van der Waals surface area contributed by atoms with Crippen LogP contribution in [0.1, 0.15) is 33.8 Å². The molecule has 0 radical (unpaired) electrons. The molecule has 0 unspecified atom stereocenters. The van der Waals surface area contributed by atoms with Gasteiger partial charge in [0, 0.05) is 140 Å². The van der Waals surface area contributed by atoms with Crippen molar-refractivity contribution in [3.05, 3.63) is 453 Å². The van der Waals surface area contributed by atoms with E-state index in [1.165, 1.54) is 50.1 Å². The number of rotatable bonds is 15. The SMILES string of the molecule is c1ccc(-c2cccc(-c3nc(-c4ccccc4)nc(-c4cccc(-c5nccc6c5Cc5ncccc5-6)c4)n3)c2)cc1.c1ccc(-c2nc(-c3ccccc3)nc(-c3cccc(-c4ccc(-c5nccc6c5Cc5ncccc5-6)cc4)c3)n2)cc1.c1ccc(-c2nc(-c3ccccc3)nc(-c3cccc(-c4cccc(-c5nccc6c5Cc5ncccc5-6)c4)c3)n2)cc1. The lowest BCUT2D eigenvalue weighted by atomic mass is 9.97. The minimum atomic E-state index is 0.619. The van der Waals surface area contributed by atoms with Gasteiger partial charge < -0.3 is 0 Å². The fraction of sp³-hybridized carbons (Fsp3) is 0.0263. The van der Waals surface area contributed by atoms with Crippen molar-refractivity contribution in [3.63, 3.8) is 0 Å². The molecule has 9 heterocycles. The lowest BCUT2D eigenvalue weighted by Crippen LogP contribution is -2.00. The van der Waals surface area contributed by atoms with Gasteiger partial charge in [-0.25, -0.2) is 44.9 Å². The Morgan fingerprint density at radius 2 is 0.341 bits per heavy atom. The number of hydrogen-bond donors (Lipinski definition) is 0. The van der Waals surface area contributed by atoms with Crippen molar-refractivity contribution in [2.45, 2.75) is 19.3 Å². The van der Waals surface area contributed by atoms with Crippen LogP contribution in [0, 0.1) is 0 Å². The summed E-state index contributed by atoms with van der Waals surface area (Å²) in [4.78, 5) is 72.5. The second kappa shape index (κ2) is 34.7. The van der Waals surface area contributed by atoms with Crippen molar-refractivity contribution in [3.8, 4) is 203 Å². The number of fused-ring (bicyclic) bond motifs is 9. The van der Waals surface area contributed by atoms with E-state index in [4.69, 9.17) is 59.8 Å². The van der Waals surface area contributed by atoms with E-state index in [1.807, 2.05) is 219 Å². The molecule has 0 saturated carbocycles. The molecule has 0 N–H and O–H groups in total. The Balaban J connectivity index is 0.000000114. The molecule has 12 aromatic carbocycles. The molecule has 24 rings (SSSR count). The number of benzene rings is 12. The predicted molar refractivity (Wildman–Crippen MR) is 513 cm³/mol. The Morgan fingerprint density at radius 1 is 0.132 bits per heavy atom. The third kappa shape index (κ3) is 16.0. The Hall–Kier alpha value is -17.4. The first-order valence-electron chi connectivity index (χ1n) is 42.9. The average molecular weight is 1650 g/mol. The highest BCUT2D eigenvalue weighted by molar-refractivity contribution is 5.88. The topological polar surface area (TPSA) is 193 Å². The normalized spacial score (nSPS) is 11.6. The molecule has 3 aliphatic carbocycles. The van der Waals surface area contributed by atoms with E-state index in [1.54, 1.807) is 0 Å². The van der Waals surface area contributed by atoms with Gasteiger partial charge in [-0.05, 0) is 133 Å². The van der Waals surface area contributed by atoms with E-state index in [-0.39, 0.29) is 0 Å². The molecule has 129 heavy (non-hydrogen) atoms. The summed E-state index contributed by atoms with van der Waals surface area (Å²) in [5, 5.41) is 0. The molecular formula is C114H75N15. The minimum absolute atomic E-state index is 0.619. The number of nitrogens with zero attached hydrogens (tertiary/aromatic N) is 15. The summed E-state index contributed by atoms with van der Waals surface area (Å²) in [5.74, 6) is 5.77. The highest BCUT2D eigenvalue weighted by atomic mass is 15.1. The van der Waals surface area contributed by atoms with Crippen molar-refractivity contribution in [2.24, 2.45) is 0 Å². The van der Waals surface area contributed by atoms with Gasteiger partial charge in [-0.3, -0.25) is 29.9 Å². The standard InChI is InChI=1S/3C38H25N5/c1-3-10-25(11-4-1)36-41-37(26-12-5-2-6-13-26)43-38(42-36)30-17-8-15-28(23-30)27-14-7-16-29(22-27)35-33-24-34-32(18-9-20-39-34)31(33)19-21-40-35;1-3-10-25(11-4-1)27-14-7-16-29(22-27)37-41-36(26-12-5-2-6-13-26)42-38(43-37)30-17-8-15-28(23-30)35-33-24-34-32(18-9-20-39-34)31(33)19-21-40-35;1-3-9-27(10-4-1)36-41-37(28-11-5-2-6-12-28)43-38(42-36)30-14-7-13-29(23-30)25-16-18-26(19-17-25)35-33-24-34-32(15-8-21-39-34)31(33)20-22-40-35/h3*1-23H,24H2. The van der Waals surface area contributed by atoms with Crippen LogP contribution in [-0.4, -0.2) is 74.8 Å². The summed E-state index contributed by atoms with van der Waals surface area (Å²) in [6, 6.07) is 130. The molecule has 15 heteroatoms. The van der Waals surface area contributed by atoms with Gasteiger partial charge in [-0.2, -0.15) is 0 Å². The molecule has 606 valence electrons. The van der Waals surface area contributed by atoms with Gasteiger partial charge in [0.2, 0.25) is 0 Å². The van der Waals surface area contributed by atoms with Crippen molar-refractivity contribution >= 4 is 0 Å². The van der Waals surface area contributed by atoms with Gasteiger partial charge in [0.1, 0.15) is 0 Å². The van der Waals surface area contributed by atoms with Gasteiger partial charge in [-0.15, -0.1) is 0 Å². The zero-order valence-corrected chi connectivity index (χ0v) is 69.7. The van der Waals surface area contributed by atoms with Crippen molar-refractivity contribution in [1.82, 2.24) is 74.8 Å². The molecule has 15 nitrogen and oxygen atoms in total. The molecule has 0 aliphatic heterocycles. The summed E-state index contributed by atoms with van der Waals surface area (Å²) in [6.45, 7) is 0. The van der Waals surface area contributed by atoms with E-state index < -0.39 is 0 Å². The van der Waals surface area contributed by atoms with E-state index in [0.29, 0.717) is 52.4 Å². The van der Waals surface area contributed by atoms with Crippen molar-refractivity contribution in [2.75, 3.05) is 0 Å². The van der Waals surface area contributed by atoms with Gasteiger partial charge in [0.25, 0.3) is 0 Å². The fourth-order valence-electron chi connectivity index (χ4n) is 17.3. The Morgan fingerprint density at radius 3 is 0.636 bits per heavy atom. The van der Waals surface area contributed by atoms with E-state index in [9.17, 15) is 0 Å². The van der Waals surface area contributed by atoms with Crippen LogP contribution in [0.25, 0.3) is 203 Å². The number of hydrogen-bond acceptors (Lipinski definition) is 15. The van der Waals surface area contributed by atoms with Gasteiger partial charge in [0.15, 0.2) is 52.4 Å². The predicted octanol–water partition coefficient (Wildman–Crippen LogP) is 25.7. The van der Waals surface area contributed by atoms with Gasteiger partial charge in [0.05, 0.1) is 34.2 Å². The second-order valence-corrected chi connectivity index (χ2v) is 31.7. The molecule has 0 spiro atoms. The second-order valence-electron chi connectivity index (χ2n) is 31.7. The largest absolute Gasteiger partial charge is 0.260 e. The monoisotopic (exact) mass is 1650 g/mol. The molecule has 0 fully saturated rings. The van der Waals surface area contributed by atoms with Crippen LogP contribution in [0.5, 0.6) is 0 Å². The van der Waals surface area contributed by atoms with Crippen LogP contribution in [0.2, 0.25) is 0 Å². The lowest BCUT2D eigenvalue weighted by Gasteiger charge is -2.11. The summed E-state index contributed by atoms with van der Waals surface area (Å²) in [6.07, 6.45) is 13.6. The summed E-state index contributed by atoms with van der Waals surface area (Å²) in [5.41, 5.74) is 35.5. The van der Waals surface area contributed by atoms with Crippen LogP contribution in [0.15, 0.2) is 419 Å². The maximum Gasteiger partial charge on any atom is 0.164 e. The van der Waals surface area contributed by atoms with Gasteiger partial charge in [-0.1, -0.05) is 315 Å². The Bertz CT molecular complexity index is 7640. The maximum absolute atomic E-state index is 5.02. The highest BCUT2D eigenvalue weighted by Crippen LogP contribution is 2.45. The summed E-state index contributed by atoms with van der Waals surface area (Å²) in [7, 11) is 0. The summed E-state index contributed by atoms with van der Waals surface area (Å²) < 4.78 is 0. The maximum atomic E-state index is 5.02. The molecule has 0 amide bonds.